The molecule has 0 bridgehead atoms. The molecule has 1 aliphatic carbocycles. The maximum atomic E-state index is 9.74. The predicted octanol–water partition coefficient (Wildman–Crippen LogP) is 3.19. The zero-order valence-electron chi connectivity index (χ0n) is 17.4. The van der Waals surface area contributed by atoms with E-state index in [4.69, 9.17) is 9.41 Å². The van der Waals surface area contributed by atoms with Crippen LogP contribution in [0.15, 0.2) is 58.1 Å². The van der Waals surface area contributed by atoms with Crippen LogP contribution in [0.2, 0.25) is 0 Å². The number of aliphatic hydroxyl groups excluding tert-OH is 1. The number of aliphatic hydroxyl groups is 1. The Balaban J connectivity index is 1.47. The molecule has 29 heavy (non-hydrogen) atoms. The second-order valence-electron chi connectivity index (χ2n) is 7.75. The Kier molecular flexibility index (Phi) is 8.43. The lowest BCUT2D eigenvalue weighted by molar-refractivity contribution is 0.120. The Labute approximate surface area is 174 Å². The van der Waals surface area contributed by atoms with E-state index in [9.17, 15) is 5.11 Å². The SMILES string of the molecule is CN(CCCN=C(NCCc1ccco1)NC1CCC(O)CC1)c1ccccc1. The van der Waals surface area contributed by atoms with Gasteiger partial charge in [0.05, 0.1) is 12.4 Å². The van der Waals surface area contributed by atoms with Crippen LogP contribution in [0.5, 0.6) is 0 Å². The summed E-state index contributed by atoms with van der Waals surface area (Å²) in [5.41, 5.74) is 1.23. The summed E-state index contributed by atoms with van der Waals surface area (Å²) < 4.78 is 5.41. The number of hydrogen-bond acceptors (Lipinski definition) is 4. The van der Waals surface area contributed by atoms with Gasteiger partial charge in [-0.3, -0.25) is 4.99 Å². The summed E-state index contributed by atoms with van der Waals surface area (Å²) in [5, 5.41) is 16.7. The van der Waals surface area contributed by atoms with Gasteiger partial charge in [0.25, 0.3) is 0 Å². The first kappa shape index (κ1) is 21.2. The van der Waals surface area contributed by atoms with Crippen LogP contribution in [0.3, 0.4) is 0 Å². The minimum Gasteiger partial charge on any atom is -0.469 e. The smallest absolute Gasteiger partial charge is 0.191 e. The van der Waals surface area contributed by atoms with Crippen LogP contribution in [0.4, 0.5) is 5.69 Å². The third-order valence-corrected chi connectivity index (χ3v) is 5.40. The zero-order chi connectivity index (χ0) is 20.3. The van der Waals surface area contributed by atoms with E-state index in [0.717, 1.165) is 69.9 Å². The minimum atomic E-state index is -0.145. The van der Waals surface area contributed by atoms with E-state index in [2.05, 4.69) is 46.8 Å². The molecule has 158 valence electrons. The van der Waals surface area contributed by atoms with Gasteiger partial charge >= 0.3 is 0 Å². The van der Waals surface area contributed by atoms with Gasteiger partial charge in [-0.15, -0.1) is 0 Å². The quantitative estimate of drug-likeness (QED) is 0.344. The molecule has 6 nitrogen and oxygen atoms in total. The normalized spacial score (nSPS) is 19.7. The number of nitrogens with zero attached hydrogens (tertiary/aromatic N) is 2. The monoisotopic (exact) mass is 398 g/mol. The zero-order valence-corrected chi connectivity index (χ0v) is 17.4. The summed E-state index contributed by atoms with van der Waals surface area (Å²) in [6.45, 7) is 2.50. The lowest BCUT2D eigenvalue weighted by atomic mass is 9.93. The summed E-state index contributed by atoms with van der Waals surface area (Å²) in [6, 6.07) is 14.7. The number of hydrogen-bond donors (Lipinski definition) is 3. The van der Waals surface area contributed by atoms with Crippen molar-refractivity contribution < 1.29 is 9.52 Å². The lowest BCUT2D eigenvalue weighted by Crippen LogP contribution is -2.46. The van der Waals surface area contributed by atoms with Crippen LogP contribution in [-0.4, -0.2) is 49.9 Å². The predicted molar refractivity (Wildman–Crippen MR) is 118 cm³/mol. The van der Waals surface area contributed by atoms with Crippen molar-refractivity contribution in [3.8, 4) is 0 Å². The van der Waals surface area contributed by atoms with Gasteiger partial charge in [-0.1, -0.05) is 18.2 Å². The van der Waals surface area contributed by atoms with E-state index in [0.29, 0.717) is 6.04 Å². The van der Waals surface area contributed by atoms with Gasteiger partial charge in [0.2, 0.25) is 0 Å². The summed E-state index contributed by atoms with van der Waals surface area (Å²) in [4.78, 5) is 7.06. The van der Waals surface area contributed by atoms with Crippen molar-refractivity contribution in [1.29, 1.82) is 0 Å². The van der Waals surface area contributed by atoms with Gasteiger partial charge < -0.3 is 25.1 Å². The largest absolute Gasteiger partial charge is 0.469 e. The highest BCUT2D eigenvalue weighted by Crippen LogP contribution is 2.18. The number of guanidine groups is 1. The topological polar surface area (TPSA) is 73.0 Å². The van der Waals surface area contributed by atoms with Gasteiger partial charge in [-0.05, 0) is 56.4 Å². The van der Waals surface area contributed by atoms with E-state index in [1.54, 1.807) is 6.26 Å². The van der Waals surface area contributed by atoms with Gasteiger partial charge in [0.15, 0.2) is 5.96 Å². The summed E-state index contributed by atoms with van der Waals surface area (Å²) in [6.07, 6.45) is 7.06. The fourth-order valence-electron chi connectivity index (χ4n) is 3.64. The van der Waals surface area contributed by atoms with Gasteiger partial charge in [0.1, 0.15) is 5.76 Å². The standard InChI is InChI=1S/C23H34N4O2/c1-27(20-7-3-2-4-8-20)17-6-15-24-23(25-16-14-22-9-5-18-29-22)26-19-10-12-21(28)13-11-19/h2-5,7-9,18-19,21,28H,6,10-17H2,1H3,(H2,24,25,26). The molecule has 1 aliphatic rings. The molecule has 0 radical (unpaired) electrons. The third-order valence-electron chi connectivity index (χ3n) is 5.40. The Morgan fingerprint density at radius 2 is 1.93 bits per heavy atom. The highest BCUT2D eigenvalue weighted by molar-refractivity contribution is 5.80. The van der Waals surface area contributed by atoms with E-state index >= 15 is 0 Å². The molecule has 0 atom stereocenters. The molecule has 2 aromatic rings. The lowest BCUT2D eigenvalue weighted by Gasteiger charge is -2.27. The molecular weight excluding hydrogens is 364 g/mol. The van der Waals surface area contributed by atoms with Crippen LogP contribution in [0.1, 0.15) is 37.9 Å². The molecule has 0 saturated heterocycles. The molecule has 0 unspecified atom stereocenters. The summed E-state index contributed by atoms with van der Waals surface area (Å²) >= 11 is 0. The van der Waals surface area contributed by atoms with E-state index in [-0.39, 0.29) is 6.10 Å². The fourth-order valence-corrected chi connectivity index (χ4v) is 3.64. The molecule has 1 aromatic carbocycles. The van der Waals surface area contributed by atoms with Crippen molar-refractivity contribution >= 4 is 11.6 Å². The highest BCUT2D eigenvalue weighted by atomic mass is 16.3. The van der Waals surface area contributed by atoms with Crippen LogP contribution in [0, 0.1) is 0 Å². The first-order valence-electron chi connectivity index (χ1n) is 10.7. The van der Waals surface area contributed by atoms with Gasteiger partial charge in [-0.2, -0.15) is 0 Å². The van der Waals surface area contributed by atoms with Crippen molar-refractivity contribution in [3.05, 3.63) is 54.5 Å². The molecule has 1 saturated carbocycles. The van der Waals surface area contributed by atoms with Gasteiger partial charge in [0, 0.05) is 44.8 Å². The van der Waals surface area contributed by atoms with Crippen molar-refractivity contribution in [1.82, 2.24) is 10.6 Å². The molecule has 1 heterocycles. The van der Waals surface area contributed by atoms with Crippen LogP contribution in [-0.2, 0) is 6.42 Å². The average Bonchev–Trinajstić information content (AvgIpc) is 3.26. The number of para-hydroxylation sites is 1. The Hall–Kier alpha value is -2.47. The van der Waals surface area contributed by atoms with Crippen molar-refractivity contribution in [2.45, 2.75) is 50.7 Å². The molecule has 1 aromatic heterocycles. The summed E-state index contributed by atoms with van der Waals surface area (Å²) in [5.74, 6) is 1.84. The molecule has 1 fully saturated rings. The van der Waals surface area contributed by atoms with E-state index in [1.807, 2.05) is 18.2 Å². The number of aliphatic imine (C=N–C) groups is 1. The van der Waals surface area contributed by atoms with E-state index in [1.165, 1.54) is 5.69 Å². The Morgan fingerprint density at radius 1 is 1.14 bits per heavy atom. The molecule has 0 spiro atoms. The number of anilines is 1. The number of furan rings is 1. The van der Waals surface area contributed by atoms with Crippen molar-refractivity contribution in [2.24, 2.45) is 4.99 Å². The molecule has 6 heteroatoms. The van der Waals surface area contributed by atoms with Crippen LogP contribution >= 0.6 is 0 Å². The first-order valence-corrected chi connectivity index (χ1v) is 10.7. The maximum Gasteiger partial charge on any atom is 0.191 e. The number of rotatable bonds is 9. The fraction of sp³-hybridized carbons (Fsp3) is 0.522. The number of nitrogens with one attached hydrogen (secondary N) is 2. The Bertz CT molecular complexity index is 710. The minimum absolute atomic E-state index is 0.145. The van der Waals surface area contributed by atoms with Gasteiger partial charge in [-0.25, -0.2) is 0 Å². The Morgan fingerprint density at radius 3 is 2.66 bits per heavy atom. The second-order valence-corrected chi connectivity index (χ2v) is 7.75. The molecule has 0 aliphatic heterocycles. The number of benzene rings is 1. The maximum absolute atomic E-state index is 9.74. The van der Waals surface area contributed by atoms with Crippen molar-refractivity contribution in [2.75, 3.05) is 31.6 Å². The third kappa shape index (κ3) is 7.46. The second kappa shape index (κ2) is 11.5. The highest BCUT2D eigenvalue weighted by Gasteiger charge is 2.20. The van der Waals surface area contributed by atoms with E-state index < -0.39 is 0 Å². The average molecular weight is 399 g/mol. The van der Waals surface area contributed by atoms with Crippen LogP contribution in [0.25, 0.3) is 0 Å². The first-order chi connectivity index (χ1) is 14.2. The van der Waals surface area contributed by atoms with Crippen molar-refractivity contribution in [3.63, 3.8) is 0 Å². The molecule has 3 rings (SSSR count). The molecule has 0 amide bonds. The molecule has 3 N–H and O–H groups in total. The van der Waals surface area contributed by atoms with Crippen LogP contribution < -0.4 is 15.5 Å². The molecular formula is C23H34N4O2. The summed E-state index contributed by atoms with van der Waals surface area (Å²) in [7, 11) is 2.12.